The van der Waals surface area contributed by atoms with E-state index in [0.29, 0.717) is 0 Å². The minimum absolute atomic E-state index is 0.993. The quantitative estimate of drug-likeness (QED) is 0.731. The summed E-state index contributed by atoms with van der Waals surface area (Å²) in [5, 5.41) is 0. The minimum atomic E-state index is 0.993. The van der Waals surface area contributed by atoms with Crippen molar-refractivity contribution in [1.29, 1.82) is 0 Å². The van der Waals surface area contributed by atoms with Gasteiger partial charge in [-0.05, 0) is 31.2 Å². The molecular weight excluding hydrogens is 206 g/mol. The number of nitrogens with zero attached hydrogens (tertiary/aromatic N) is 1. The van der Waals surface area contributed by atoms with Crippen molar-refractivity contribution in [3.63, 3.8) is 0 Å². The molecule has 1 heterocycles. The largest absolute Gasteiger partial charge is 0.496 e. The molecule has 2 rings (SSSR count). The Morgan fingerprint density at radius 3 is 2.60 bits per heavy atom. The van der Waals surface area contributed by atoms with E-state index in [9.17, 15) is 0 Å². The average Bonchev–Trinajstić information content (AvgIpc) is 2.81. The predicted molar refractivity (Wildman–Crippen MR) is 66.2 cm³/mol. The molecule has 0 atom stereocenters. The van der Waals surface area contributed by atoms with Crippen molar-refractivity contribution in [2.75, 3.05) is 31.4 Å². The lowest BCUT2D eigenvalue weighted by Crippen LogP contribution is -2.17. The van der Waals surface area contributed by atoms with Crippen LogP contribution < -0.4 is 9.64 Å². The molecule has 1 fully saturated rings. The molecule has 0 aromatic heterocycles. The molecule has 1 aromatic carbocycles. The molecule has 0 N–H and O–H groups in total. The third-order valence-corrected chi connectivity index (χ3v) is 3.62. The number of anilines is 1. The molecule has 0 amide bonds. The highest BCUT2D eigenvalue weighted by Gasteiger charge is 2.13. The lowest BCUT2D eigenvalue weighted by atomic mass is 10.3. The van der Waals surface area contributed by atoms with E-state index in [1.807, 2.05) is 0 Å². The van der Waals surface area contributed by atoms with Crippen LogP contribution in [-0.2, 0) is 0 Å². The molecule has 1 aromatic rings. The van der Waals surface area contributed by atoms with Crippen LogP contribution in [0.1, 0.15) is 12.8 Å². The minimum Gasteiger partial charge on any atom is -0.496 e. The molecule has 0 radical (unpaired) electrons. The number of thioether (sulfide) groups is 1. The summed E-state index contributed by atoms with van der Waals surface area (Å²) in [6.07, 6.45) is 4.70. The van der Waals surface area contributed by atoms with Gasteiger partial charge in [0.1, 0.15) is 5.75 Å². The Balaban J connectivity index is 2.25. The number of hydrogen-bond donors (Lipinski definition) is 0. The van der Waals surface area contributed by atoms with Crippen LogP contribution in [-0.4, -0.2) is 26.5 Å². The van der Waals surface area contributed by atoms with Crippen LogP contribution in [0.5, 0.6) is 5.75 Å². The van der Waals surface area contributed by atoms with Crippen LogP contribution in [0.3, 0.4) is 0 Å². The molecule has 0 bridgehead atoms. The second-order valence-corrected chi connectivity index (χ2v) is 4.58. The van der Waals surface area contributed by atoms with Crippen molar-refractivity contribution in [3.05, 3.63) is 18.2 Å². The van der Waals surface area contributed by atoms with E-state index in [1.54, 1.807) is 18.9 Å². The SMILES string of the molecule is COc1cc(N2CCCC2)ccc1SC. The highest BCUT2D eigenvalue weighted by Crippen LogP contribution is 2.32. The van der Waals surface area contributed by atoms with Crippen molar-refractivity contribution in [1.82, 2.24) is 0 Å². The maximum Gasteiger partial charge on any atom is 0.134 e. The van der Waals surface area contributed by atoms with Gasteiger partial charge in [-0.25, -0.2) is 0 Å². The van der Waals surface area contributed by atoms with Crippen LogP contribution in [0.4, 0.5) is 5.69 Å². The average molecular weight is 223 g/mol. The fourth-order valence-electron chi connectivity index (χ4n) is 2.00. The lowest BCUT2D eigenvalue weighted by Gasteiger charge is -2.19. The fourth-order valence-corrected chi connectivity index (χ4v) is 2.54. The maximum absolute atomic E-state index is 5.39. The Bertz CT molecular complexity index is 334. The van der Waals surface area contributed by atoms with Crippen LogP contribution >= 0.6 is 11.8 Å². The van der Waals surface area contributed by atoms with E-state index in [4.69, 9.17) is 4.74 Å². The number of rotatable bonds is 3. The molecule has 3 heteroatoms. The number of methoxy groups -OCH3 is 1. The third kappa shape index (κ3) is 2.23. The maximum atomic E-state index is 5.39. The Kier molecular flexibility index (Phi) is 3.41. The van der Waals surface area contributed by atoms with E-state index >= 15 is 0 Å². The van der Waals surface area contributed by atoms with Crippen LogP contribution in [0.25, 0.3) is 0 Å². The normalized spacial score (nSPS) is 15.7. The summed E-state index contributed by atoms with van der Waals surface area (Å²) in [4.78, 5) is 3.63. The molecule has 0 saturated carbocycles. The van der Waals surface area contributed by atoms with Gasteiger partial charge in [0.15, 0.2) is 0 Å². The summed E-state index contributed by atoms with van der Waals surface area (Å²) in [5.41, 5.74) is 1.29. The fraction of sp³-hybridized carbons (Fsp3) is 0.500. The summed E-state index contributed by atoms with van der Waals surface area (Å²) < 4.78 is 5.39. The van der Waals surface area contributed by atoms with Crippen molar-refractivity contribution in [2.24, 2.45) is 0 Å². The first-order valence-corrected chi connectivity index (χ1v) is 6.54. The van der Waals surface area contributed by atoms with Gasteiger partial charge in [0, 0.05) is 29.7 Å². The van der Waals surface area contributed by atoms with Crippen molar-refractivity contribution >= 4 is 17.4 Å². The number of benzene rings is 1. The van der Waals surface area contributed by atoms with Crippen LogP contribution in [0.15, 0.2) is 23.1 Å². The van der Waals surface area contributed by atoms with Gasteiger partial charge in [-0.1, -0.05) is 0 Å². The standard InChI is InChI=1S/C12H17NOS/c1-14-11-9-10(5-6-12(11)15-2)13-7-3-4-8-13/h5-6,9H,3-4,7-8H2,1-2H3. The topological polar surface area (TPSA) is 12.5 Å². The van der Waals surface area contributed by atoms with Gasteiger partial charge in [-0.3, -0.25) is 0 Å². The van der Waals surface area contributed by atoms with Crippen molar-refractivity contribution < 1.29 is 4.74 Å². The van der Waals surface area contributed by atoms with Gasteiger partial charge in [0.2, 0.25) is 0 Å². The molecule has 0 aliphatic carbocycles. The zero-order valence-electron chi connectivity index (χ0n) is 9.32. The third-order valence-electron chi connectivity index (χ3n) is 2.84. The predicted octanol–water partition coefficient (Wildman–Crippen LogP) is 3.02. The summed E-state index contributed by atoms with van der Waals surface area (Å²) in [7, 11) is 1.74. The van der Waals surface area contributed by atoms with Crippen molar-refractivity contribution in [3.8, 4) is 5.75 Å². The summed E-state index contributed by atoms with van der Waals surface area (Å²) in [6, 6.07) is 6.49. The molecule has 0 unspecified atom stereocenters. The molecule has 0 spiro atoms. The Hall–Kier alpha value is -0.830. The highest BCUT2D eigenvalue weighted by molar-refractivity contribution is 7.98. The summed E-state index contributed by atoms with van der Waals surface area (Å²) in [6.45, 7) is 2.36. The van der Waals surface area contributed by atoms with Gasteiger partial charge in [0.05, 0.1) is 7.11 Å². The highest BCUT2D eigenvalue weighted by atomic mass is 32.2. The molecule has 15 heavy (non-hydrogen) atoms. The Labute approximate surface area is 95.6 Å². The molecule has 1 aliphatic heterocycles. The summed E-state index contributed by atoms with van der Waals surface area (Å²) >= 11 is 1.73. The second-order valence-electron chi connectivity index (χ2n) is 3.73. The second kappa shape index (κ2) is 4.79. The van der Waals surface area contributed by atoms with Crippen molar-refractivity contribution in [2.45, 2.75) is 17.7 Å². The van der Waals surface area contributed by atoms with Gasteiger partial charge in [-0.2, -0.15) is 0 Å². The van der Waals surface area contributed by atoms with E-state index in [2.05, 4.69) is 29.4 Å². The first-order chi connectivity index (χ1) is 7.35. The monoisotopic (exact) mass is 223 g/mol. The first kappa shape index (κ1) is 10.7. The van der Waals surface area contributed by atoms with Gasteiger partial charge >= 0.3 is 0 Å². The zero-order chi connectivity index (χ0) is 10.7. The van der Waals surface area contributed by atoms with E-state index < -0.39 is 0 Å². The smallest absolute Gasteiger partial charge is 0.134 e. The first-order valence-electron chi connectivity index (χ1n) is 5.32. The Morgan fingerprint density at radius 2 is 2.00 bits per heavy atom. The molecule has 1 saturated heterocycles. The molecular formula is C12H17NOS. The lowest BCUT2D eigenvalue weighted by molar-refractivity contribution is 0.405. The van der Waals surface area contributed by atoms with Crippen LogP contribution in [0, 0.1) is 0 Å². The van der Waals surface area contributed by atoms with E-state index in [1.165, 1.54) is 36.5 Å². The van der Waals surface area contributed by atoms with Gasteiger partial charge in [0.25, 0.3) is 0 Å². The Morgan fingerprint density at radius 1 is 1.27 bits per heavy atom. The van der Waals surface area contributed by atoms with Gasteiger partial charge < -0.3 is 9.64 Å². The zero-order valence-corrected chi connectivity index (χ0v) is 10.1. The molecule has 1 aliphatic rings. The molecule has 2 nitrogen and oxygen atoms in total. The van der Waals surface area contributed by atoms with E-state index in [-0.39, 0.29) is 0 Å². The van der Waals surface area contributed by atoms with Gasteiger partial charge in [-0.15, -0.1) is 11.8 Å². The number of ether oxygens (including phenoxy) is 1. The number of hydrogen-bond acceptors (Lipinski definition) is 3. The summed E-state index contributed by atoms with van der Waals surface area (Å²) in [5.74, 6) is 0.993. The molecule has 82 valence electrons. The van der Waals surface area contributed by atoms with E-state index in [0.717, 1.165) is 5.75 Å². The van der Waals surface area contributed by atoms with Crippen LogP contribution in [0.2, 0.25) is 0 Å².